The second-order valence-corrected chi connectivity index (χ2v) is 9.88. The van der Waals surface area contributed by atoms with Gasteiger partial charge in [-0.2, -0.15) is 0 Å². The molecule has 3 aromatic carbocycles. The van der Waals surface area contributed by atoms with Gasteiger partial charge in [-0.3, -0.25) is 0 Å². The lowest BCUT2D eigenvalue weighted by molar-refractivity contribution is 0.0580. The van der Waals surface area contributed by atoms with Gasteiger partial charge in [-0.15, -0.1) is 0 Å². The van der Waals surface area contributed by atoms with Gasteiger partial charge in [-0.25, -0.2) is 0 Å². The van der Waals surface area contributed by atoms with E-state index in [2.05, 4.69) is 95.9 Å². The summed E-state index contributed by atoms with van der Waals surface area (Å²) in [5.74, 6) is 1.11. The first-order valence-corrected chi connectivity index (χ1v) is 12.3. The van der Waals surface area contributed by atoms with E-state index in [0.29, 0.717) is 5.92 Å². The van der Waals surface area contributed by atoms with Gasteiger partial charge in [-0.1, -0.05) is 91.0 Å². The maximum absolute atomic E-state index is 11.8. The van der Waals surface area contributed by atoms with Crippen molar-refractivity contribution in [2.75, 3.05) is 19.6 Å². The van der Waals surface area contributed by atoms with E-state index in [4.69, 9.17) is 0 Å². The van der Waals surface area contributed by atoms with Crippen LogP contribution in [0.3, 0.4) is 0 Å². The predicted molar refractivity (Wildman–Crippen MR) is 132 cm³/mol. The third kappa shape index (κ3) is 4.27. The molecule has 5 rings (SSSR count). The number of hydrogen-bond donors (Lipinski definition) is 1. The molecule has 1 saturated heterocycles. The van der Waals surface area contributed by atoms with Crippen LogP contribution < -0.4 is 0 Å². The number of aliphatic hydroxyl groups is 1. The van der Waals surface area contributed by atoms with Crippen LogP contribution in [0.4, 0.5) is 0 Å². The van der Waals surface area contributed by atoms with Gasteiger partial charge in [0.25, 0.3) is 0 Å². The SMILES string of the molecule is O[C@H]1[C@@H](CN2CCC(Cc3ccccc3)CC2)CCC1(c1ccccc1)c1ccccc1. The van der Waals surface area contributed by atoms with Gasteiger partial charge in [0.2, 0.25) is 0 Å². The summed E-state index contributed by atoms with van der Waals surface area (Å²) >= 11 is 0. The van der Waals surface area contributed by atoms with E-state index < -0.39 is 0 Å². The lowest BCUT2D eigenvalue weighted by atomic mass is 9.71. The number of rotatable bonds is 6. The van der Waals surface area contributed by atoms with Gasteiger partial charge in [0.15, 0.2) is 0 Å². The zero-order valence-corrected chi connectivity index (χ0v) is 18.9. The van der Waals surface area contributed by atoms with Crippen molar-refractivity contribution in [3.05, 3.63) is 108 Å². The summed E-state index contributed by atoms with van der Waals surface area (Å²) in [5.41, 5.74) is 3.68. The molecule has 1 N–H and O–H groups in total. The topological polar surface area (TPSA) is 23.5 Å². The van der Waals surface area contributed by atoms with E-state index in [1.165, 1.54) is 36.0 Å². The molecule has 1 aliphatic carbocycles. The molecule has 1 aliphatic heterocycles. The summed E-state index contributed by atoms with van der Waals surface area (Å²) in [6.45, 7) is 3.33. The van der Waals surface area contributed by atoms with Crippen molar-refractivity contribution in [2.24, 2.45) is 11.8 Å². The minimum Gasteiger partial charge on any atom is -0.392 e. The van der Waals surface area contributed by atoms with Gasteiger partial charge in [0.05, 0.1) is 6.10 Å². The molecule has 2 fully saturated rings. The van der Waals surface area contributed by atoms with Crippen LogP contribution in [0.2, 0.25) is 0 Å². The third-order valence-corrected chi connectivity index (χ3v) is 8.01. The fourth-order valence-electron chi connectivity index (χ4n) is 6.23. The Bertz CT molecular complexity index is 924. The standard InChI is InChI=1S/C30H35NO/c32-29-26(23-31-20-17-25(18-21-31)22-24-10-4-1-5-11-24)16-19-30(29,27-12-6-2-7-13-27)28-14-8-3-9-15-28/h1-15,25-26,29,32H,16-23H2/t26-,29+/m1/s1. The van der Waals surface area contributed by atoms with Gasteiger partial charge in [0.1, 0.15) is 0 Å². The van der Waals surface area contributed by atoms with E-state index in [1.807, 2.05) is 0 Å². The Hall–Kier alpha value is -2.42. The minimum atomic E-state index is -0.352. The molecular weight excluding hydrogens is 390 g/mol. The number of benzene rings is 3. The number of hydrogen-bond acceptors (Lipinski definition) is 2. The van der Waals surface area contributed by atoms with Crippen LogP contribution in [0.25, 0.3) is 0 Å². The summed E-state index contributed by atoms with van der Waals surface area (Å²) in [4.78, 5) is 2.61. The molecule has 0 aromatic heterocycles. The van der Waals surface area contributed by atoms with E-state index in [1.54, 1.807) is 0 Å². The normalized spacial score (nSPS) is 23.9. The van der Waals surface area contributed by atoms with Crippen LogP contribution in [0.1, 0.15) is 42.4 Å². The Morgan fingerprint density at radius 1 is 0.719 bits per heavy atom. The zero-order valence-electron chi connectivity index (χ0n) is 18.9. The van der Waals surface area contributed by atoms with Crippen molar-refractivity contribution in [2.45, 2.75) is 43.6 Å². The Morgan fingerprint density at radius 2 is 1.25 bits per heavy atom. The van der Waals surface area contributed by atoms with Crippen LogP contribution in [0, 0.1) is 11.8 Å². The maximum Gasteiger partial charge on any atom is 0.0717 e. The van der Waals surface area contributed by atoms with Crippen LogP contribution in [-0.4, -0.2) is 35.7 Å². The number of aliphatic hydroxyl groups excluding tert-OH is 1. The smallest absolute Gasteiger partial charge is 0.0717 e. The second kappa shape index (κ2) is 9.60. The van der Waals surface area contributed by atoms with Crippen molar-refractivity contribution in [1.29, 1.82) is 0 Å². The number of nitrogens with zero attached hydrogens (tertiary/aromatic N) is 1. The molecule has 1 saturated carbocycles. The van der Waals surface area contributed by atoms with E-state index in [9.17, 15) is 5.11 Å². The molecule has 0 radical (unpaired) electrons. The Labute approximate surface area is 192 Å². The average molecular weight is 426 g/mol. The van der Waals surface area contributed by atoms with Gasteiger partial charge >= 0.3 is 0 Å². The highest BCUT2D eigenvalue weighted by atomic mass is 16.3. The zero-order chi connectivity index (χ0) is 21.8. The number of likely N-dealkylation sites (tertiary alicyclic amines) is 1. The molecule has 0 amide bonds. The van der Waals surface area contributed by atoms with Crippen molar-refractivity contribution in [1.82, 2.24) is 4.90 Å². The predicted octanol–water partition coefficient (Wildman–Crippen LogP) is 5.70. The molecular formula is C30H35NO. The highest BCUT2D eigenvalue weighted by molar-refractivity contribution is 5.42. The van der Waals surface area contributed by atoms with Gasteiger partial charge < -0.3 is 10.0 Å². The molecule has 32 heavy (non-hydrogen) atoms. The Balaban J connectivity index is 1.26. The first-order valence-electron chi connectivity index (χ1n) is 12.3. The van der Waals surface area contributed by atoms with Gasteiger partial charge in [-0.05, 0) is 73.7 Å². The summed E-state index contributed by atoms with van der Waals surface area (Å²) in [5, 5.41) is 11.8. The average Bonchev–Trinajstić information content (AvgIpc) is 3.19. The summed E-state index contributed by atoms with van der Waals surface area (Å²) in [6, 6.07) is 32.3. The van der Waals surface area contributed by atoms with Crippen LogP contribution in [0.5, 0.6) is 0 Å². The lowest BCUT2D eigenvalue weighted by Gasteiger charge is -2.38. The minimum absolute atomic E-state index is 0.293. The monoisotopic (exact) mass is 425 g/mol. The molecule has 0 unspecified atom stereocenters. The number of piperidine rings is 1. The summed E-state index contributed by atoms with van der Waals surface area (Å²) < 4.78 is 0. The van der Waals surface area contributed by atoms with Crippen molar-refractivity contribution < 1.29 is 5.11 Å². The first-order chi connectivity index (χ1) is 15.8. The first kappa shape index (κ1) is 21.4. The van der Waals surface area contributed by atoms with Crippen molar-refractivity contribution in [3.63, 3.8) is 0 Å². The molecule has 2 heteroatoms. The molecule has 0 bridgehead atoms. The molecule has 2 atom stereocenters. The molecule has 3 aromatic rings. The molecule has 0 spiro atoms. The second-order valence-electron chi connectivity index (χ2n) is 9.88. The Kier molecular flexibility index (Phi) is 6.43. The quantitative estimate of drug-likeness (QED) is 0.548. The maximum atomic E-state index is 11.8. The fourth-order valence-corrected chi connectivity index (χ4v) is 6.23. The summed E-state index contributed by atoms with van der Waals surface area (Å²) in [6.07, 6.45) is 5.47. The van der Waals surface area contributed by atoms with Crippen molar-refractivity contribution >= 4 is 0 Å². The van der Waals surface area contributed by atoms with E-state index in [0.717, 1.165) is 38.4 Å². The Morgan fingerprint density at radius 3 is 1.81 bits per heavy atom. The van der Waals surface area contributed by atoms with E-state index >= 15 is 0 Å². The lowest BCUT2D eigenvalue weighted by Crippen LogP contribution is -2.44. The van der Waals surface area contributed by atoms with Crippen molar-refractivity contribution in [3.8, 4) is 0 Å². The summed E-state index contributed by atoms with van der Waals surface area (Å²) in [7, 11) is 0. The molecule has 166 valence electrons. The van der Waals surface area contributed by atoms with E-state index in [-0.39, 0.29) is 11.5 Å². The highest BCUT2D eigenvalue weighted by Crippen LogP contribution is 2.49. The molecule has 2 aliphatic rings. The fraction of sp³-hybridized carbons (Fsp3) is 0.400. The molecule has 2 nitrogen and oxygen atoms in total. The molecule has 1 heterocycles. The third-order valence-electron chi connectivity index (χ3n) is 8.01. The largest absolute Gasteiger partial charge is 0.392 e. The van der Waals surface area contributed by atoms with Crippen LogP contribution in [-0.2, 0) is 11.8 Å². The van der Waals surface area contributed by atoms with Gasteiger partial charge in [0, 0.05) is 12.0 Å². The highest BCUT2D eigenvalue weighted by Gasteiger charge is 2.50. The van der Waals surface area contributed by atoms with Crippen LogP contribution in [0.15, 0.2) is 91.0 Å². The van der Waals surface area contributed by atoms with Crippen LogP contribution >= 0.6 is 0 Å².